The Bertz CT molecular complexity index is 647. The first kappa shape index (κ1) is 16.3. The zero-order valence-corrected chi connectivity index (χ0v) is 14.3. The Labute approximate surface area is 141 Å². The van der Waals surface area contributed by atoms with E-state index in [9.17, 15) is 9.59 Å². The van der Waals surface area contributed by atoms with Gasteiger partial charge in [0.05, 0.1) is 11.3 Å². The first-order valence-electron chi connectivity index (χ1n) is 8.05. The minimum absolute atomic E-state index is 0.0584. The van der Waals surface area contributed by atoms with Crippen LogP contribution in [-0.2, 0) is 15.0 Å². The van der Waals surface area contributed by atoms with Gasteiger partial charge in [0.15, 0.2) is 0 Å². The van der Waals surface area contributed by atoms with Gasteiger partial charge >= 0.3 is 5.97 Å². The van der Waals surface area contributed by atoms with Crippen LogP contribution in [-0.4, -0.2) is 35.0 Å². The fraction of sp³-hybridized carbons (Fsp3) is 0.556. The maximum atomic E-state index is 13.0. The zero-order chi connectivity index (χ0) is 16.8. The number of rotatable bonds is 3. The monoisotopic (exact) mass is 335 g/mol. The molecule has 1 amide bonds. The molecule has 1 atom stereocenters. The van der Waals surface area contributed by atoms with Crippen LogP contribution in [0.3, 0.4) is 0 Å². The van der Waals surface area contributed by atoms with Crippen molar-refractivity contribution in [1.29, 1.82) is 0 Å². The SMILES string of the molecule is CC(C)(C(=O)N1CCC2(CC1)CC2C(=O)O)c1ccccc1Cl. The molecule has 1 aromatic rings. The lowest BCUT2D eigenvalue weighted by molar-refractivity contribution is -0.140. The van der Waals surface area contributed by atoms with Gasteiger partial charge in [0.2, 0.25) is 5.91 Å². The van der Waals surface area contributed by atoms with Crippen LogP contribution in [0.1, 0.15) is 38.7 Å². The summed E-state index contributed by atoms with van der Waals surface area (Å²) in [6.07, 6.45) is 2.33. The number of halogens is 1. The van der Waals surface area contributed by atoms with E-state index in [0.717, 1.165) is 24.8 Å². The van der Waals surface area contributed by atoms with Crippen LogP contribution in [0, 0.1) is 11.3 Å². The predicted molar refractivity (Wildman–Crippen MR) is 88.5 cm³/mol. The van der Waals surface area contributed by atoms with Gasteiger partial charge in [0.25, 0.3) is 0 Å². The van der Waals surface area contributed by atoms with E-state index in [0.29, 0.717) is 18.1 Å². The summed E-state index contributed by atoms with van der Waals surface area (Å²) in [6, 6.07) is 7.45. The van der Waals surface area contributed by atoms with Crippen LogP contribution in [0.4, 0.5) is 0 Å². The third-order valence-corrected chi connectivity index (χ3v) is 5.95. The number of amides is 1. The number of benzene rings is 1. The summed E-state index contributed by atoms with van der Waals surface area (Å²) in [6.45, 7) is 5.07. The number of carboxylic acids is 1. The predicted octanol–water partition coefficient (Wildman–Crippen LogP) is 3.33. The molecule has 2 aliphatic rings. The molecule has 0 bridgehead atoms. The van der Waals surface area contributed by atoms with Crippen LogP contribution >= 0.6 is 11.6 Å². The smallest absolute Gasteiger partial charge is 0.307 e. The van der Waals surface area contributed by atoms with Crippen LogP contribution in [0.2, 0.25) is 5.02 Å². The van der Waals surface area contributed by atoms with E-state index in [1.165, 1.54) is 0 Å². The Morgan fingerprint density at radius 3 is 2.39 bits per heavy atom. The molecule has 124 valence electrons. The highest BCUT2D eigenvalue weighted by Gasteiger charge is 2.59. The molecule has 1 unspecified atom stereocenters. The molecule has 1 saturated heterocycles. The van der Waals surface area contributed by atoms with E-state index < -0.39 is 11.4 Å². The topological polar surface area (TPSA) is 57.6 Å². The van der Waals surface area contributed by atoms with Gasteiger partial charge in [0, 0.05) is 18.1 Å². The molecule has 1 aliphatic carbocycles. The van der Waals surface area contributed by atoms with Crippen LogP contribution in [0.5, 0.6) is 0 Å². The molecule has 1 heterocycles. The number of carbonyl (C=O) groups excluding carboxylic acids is 1. The maximum absolute atomic E-state index is 13.0. The summed E-state index contributed by atoms with van der Waals surface area (Å²) in [4.78, 5) is 26.0. The first-order chi connectivity index (χ1) is 10.8. The van der Waals surface area contributed by atoms with E-state index in [1.54, 1.807) is 6.07 Å². The maximum Gasteiger partial charge on any atom is 0.307 e. The van der Waals surface area contributed by atoms with Gasteiger partial charge in [-0.2, -0.15) is 0 Å². The van der Waals surface area contributed by atoms with Gasteiger partial charge < -0.3 is 10.0 Å². The minimum atomic E-state index is -0.693. The molecular weight excluding hydrogens is 314 g/mol. The lowest BCUT2D eigenvalue weighted by Crippen LogP contribution is -2.47. The standard InChI is InChI=1S/C18H22ClNO3/c1-17(2,12-5-3-4-6-14(12)19)16(23)20-9-7-18(8-10-20)11-13(18)15(21)22/h3-6,13H,7-11H2,1-2H3,(H,21,22). The Morgan fingerprint density at radius 2 is 1.87 bits per heavy atom. The number of carbonyl (C=O) groups is 2. The Hall–Kier alpha value is -1.55. The molecule has 1 N–H and O–H groups in total. The van der Waals surface area contributed by atoms with E-state index in [-0.39, 0.29) is 17.2 Å². The third kappa shape index (κ3) is 2.74. The number of hydrogen-bond donors (Lipinski definition) is 1. The van der Waals surface area contributed by atoms with Crippen LogP contribution in [0.15, 0.2) is 24.3 Å². The molecule has 1 aromatic carbocycles. The highest BCUT2D eigenvalue weighted by atomic mass is 35.5. The molecule has 1 spiro atoms. The number of carboxylic acid groups (broad SMARTS) is 1. The molecule has 5 heteroatoms. The van der Waals surface area contributed by atoms with Gasteiger partial charge in [-0.05, 0) is 50.2 Å². The number of hydrogen-bond acceptors (Lipinski definition) is 2. The fourth-order valence-corrected chi connectivity index (χ4v) is 4.26. The highest BCUT2D eigenvalue weighted by Crippen LogP contribution is 2.59. The van der Waals surface area contributed by atoms with Crippen molar-refractivity contribution in [1.82, 2.24) is 4.90 Å². The third-order valence-electron chi connectivity index (χ3n) is 5.62. The van der Waals surface area contributed by atoms with Crippen molar-refractivity contribution >= 4 is 23.5 Å². The lowest BCUT2D eigenvalue weighted by atomic mass is 9.81. The van der Waals surface area contributed by atoms with Crippen molar-refractivity contribution in [3.8, 4) is 0 Å². The van der Waals surface area contributed by atoms with Gasteiger partial charge in [-0.15, -0.1) is 0 Å². The van der Waals surface area contributed by atoms with E-state index >= 15 is 0 Å². The van der Waals surface area contributed by atoms with E-state index in [1.807, 2.05) is 36.9 Å². The molecule has 1 aliphatic heterocycles. The molecule has 23 heavy (non-hydrogen) atoms. The molecule has 2 fully saturated rings. The normalized spacial score (nSPS) is 22.9. The van der Waals surface area contributed by atoms with Gasteiger partial charge in [0.1, 0.15) is 0 Å². The van der Waals surface area contributed by atoms with Crippen LogP contribution < -0.4 is 0 Å². The summed E-state index contributed by atoms with van der Waals surface area (Å²) < 4.78 is 0. The molecule has 0 radical (unpaired) electrons. The second kappa shape index (κ2) is 5.52. The second-order valence-corrected chi connectivity index (χ2v) is 7.76. The van der Waals surface area contributed by atoms with Crippen molar-refractivity contribution in [2.24, 2.45) is 11.3 Å². The summed E-state index contributed by atoms with van der Waals surface area (Å²) in [5.41, 5.74) is 0.0947. The molecular formula is C18H22ClNO3. The van der Waals surface area contributed by atoms with E-state index in [4.69, 9.17) is 16.7 Å². The number of likely N-dealkylation sites (tertiary alicyclic amines) is 1. The Morgan fingerprint density at radius 1 is 1.26 bits per heavy atom. The summed E-state index contributed by atoms with van der Waals surface area (Å²) in [7, 11) is 0. The first-order valence-corrected chi connectivity index (χ1v) is 8.43. The minimum Gasteiger partial charge on any atom is -0.481 e. The Balaban J connectivity index is 1.70. The number of piperidine rings is 1. The molecule has 1 saturated carbocycles. The second-order valence-electron chi connectivity index (χ2n) is 7.35. The molecule has 0 aromatic heterocycles. The molecule has 3 rings (SSSR count). The lowest BCUT2D eigenvalue weighted by Gasteiger charge is -2.38. The highest BCUT2D eigenvalue weighted by molar-refractivity contribution is 6.31. The fourth-order valence-electron chi connectivity index (χ4n) is 3.88. The van der Waals surface area contributed by atoms with E-state index in [2.05, 4.69) is 0 Å². The molecule has 4 nitrogen and oxygen atoms in total. The Kier molecular flexibility index (Phi) is 3.91. The van der Waals surface area contributed by atoms with Crippen molar-refractivity contribution in [3.63, 3.8) is 0 Å². The largest absolute Gasteiger partial charge is 0.481 e. The number of nitrogens with zero attached hydrogens (tertiary/aromatic N) is 1. The zero-order valence-electron chi connectivity index (χ0n) is 13.5. The van der Waals surface area contributed by atoms with Gasteiger partial charge in [-0.1, -0.05) is 29.8 Å². The quantitative estimate of drug-likeness (QED) is 0.921. The van der Waals surface area contributed by atoms with Crippen molar-refractivity contribution < 1.29 is 14.7 Å². The van der Waals surface area contributed by atoms with Crippen LogP contribution in [0.25, 0.3) is 0 Å². The number of aliphatic carboxylic acids is 1. The van der Waals surface area contributed by atoms with Crippen molar-refractivity contribution in [3.05, 3.63) is 34.9 Å². The average Bonchev–Trinajstić information content (AvgIpc) is 3.22. The van der Waals surface area contributed by atoms with Crippen molar-refractivity contribution in [2.45, 2.75) is 38.5 Å². The summed E-state index contributed by atoms with van der Waals surface area (Å²) in [5.74, 6) is -0.842. The summed E-state index contributed by atoms with van der Waals surface area (Å²) >= 11 is 6.27. The summed E-state index contributed by atoms with van der Waals surface area (Å²) in [5, 5.41) is 9.76. The average molecular weight is 336 g/mol. The van der Waals surface area contributed by atoms with Gasteiger partial charge in [-0.3, -0.25) is 9.59 Å². The van der Waals surface area contributed by atoms with Gasteiger partial charge in [-0.25, -0.2) is 0 Å². The van der Waals surface area contributed by atoms with Crippen molar-refractivity contribution in [2.75, 3.05) is 13.1 Å².